The van der Waals surface area contributed by atoms with Crippen molar-refractivity contribution in [1.82, 2.24) is 9.32 Å². The van der Waals surface area contributed by atoms with E-state index in [-0.39, 0.29) is 12.1 Å². The van der Waals surface area contributed by atoms with E-state index >= 15 is 0 Å². The molecule has 0 fully saturated rings. The predicted octanol–water partition coefficient (Wildman–Crippen LogP) is -4.54. The fourth-order valence-electron chi connectivity index (χ4n) is 1.02. The molecular formula is C6H8N3O5P-2. The van der Waals surface area contributed by atoms with Crippen LogP contribution in [0.25, 0.3) is 0 Å². The Morgan fingerprint density at radius 3 is 2.73 bits per heavy atom. The number of nitrogens with zero attached hydrogens (tertiary/aromatic N) is 2. The van der Waals surface area contributed by atoms with Gasteiger partial charge < -0.3 is 34.3 Å². The first kappa shape index (κ1) is 11.9. The summed E-state index contributed by atoms with van der Waals surface area (Å²) >= 11 is 0. The summed E-state index contributed by atoms with van der Waals surface area (Å²) in [6.07, 6.45) is 1.69. The lowest BCUT2D eigenvalue weighted by Gasteiger charge is -2.32. The molecule has 0 aliphatic heterocycles. The lowest BCUT2D eigenvalue weighted by atomic mass is 10.2. The van der Waals surface area contributed by atoms with Gasteiger partial charge in [-0.05, 0) is 0 Å². The van der Waals surface area contributed by atoms with Crippen molar-refractivity contribution in [3.8, 4) is 0 Å². The van der Waals surface area contributed by atoms with Gasteiger partial charge in [-0.15, -0.1) is 0 Å². The molecule has 0 saturated heterocycles. The molecule has 0 radical (unpaired) electrons. The van der Waals surface area contributed by atoms with Crippen LogP contribution in [0, 0.1) is 0 Å². The highest BCUT2D eigenvalue weighted by Crippen LogP contribution is 2.28. The average Bonchev–Trinajstić information content (AvgIpc) is 2.50. The van der Waals surface area contributed by atoms with Crippen LogP contribution in [0.5, 0.6) is 0 Å². The van der Waals surface area contributed by atoms with Gasteiger partial charge in [0, 0.05) is 26.1 Å². The van der Waals surface area contributed by atoms with Gasteiger partial charge in [-0.25, -0.2) is 4.98 Å². The Hall–Kier alpha value is -1.21. The second-order valence-electron chi connectivity index (χ2n) is 2.92. The number of carboxylic acid groups (broad SMARTS) is 1. The molecule has 0 saturated carbocycles. The van der Waals surface area contributed by atoms with Crippen molar-refractivity contribution in [2.75, 3.05) is 0 Å². The summed E-state index contributed by atoms with van der Waals surface area (Å²) in [7, 11) is -4.98. The smallest absolute Gasteiger partial charge is 0.130 e. The SMILES string of the molecule is [NH3+][C@@H](Cc1cncn1P(=O)([O-])[O-])C(=O)[O-]. The maximum atomic E-state index is 10.7. The summed E-state index contributed by atoms with van der Waals surface area (Å²) in [5.41, 5.74) is 3.22. The topological polar surface area (TPSA) is 149 Å². The average molecular weight is 233 g/mol. The van der Waals surface area contributed by atoms with E-state index < -0.39 is 19.8 Å². The Morgan fingerprint density at radius 1 is 1.67 bits per heavy atom. The van der Waals surface area contributed by atoms with Gasteiger partial charge in [0.15, 0.2) is 0 Å². The molecule has 1 heterocycles. The number of carboxylic acids is 1. The van der Waals surface area contributed by atoms with Crippen LogP contribution < -0.4 is 20.6 Å². The van der Waals surface area contributed by atoms with Crippen LogP contribution in [-0.4, -0.2) is 21.3 Å². The van der Waals surface area contributed by atoms with Crippen LogP contribution in [0.2, 0.25) is 0 Å². The van der Waals surface area contributed by atoms with Crippen LogP contribution in [0.15, 0.2) is 12.5 Å². The first-order chi connectivity index (χ1) is 6.82. The van der Waals surface area contributed by atoms with Crippen molar-refractivity contribution in [1.29, 1.82) is 0 Å². The molecule has 0 spiro atoms. The maximum absolute atomic E-state index is 10.7. The molecule has 1 aromatic rings. The van der Waals surface area contributed by atoms with Crippen LogP contribution >= 0.6 is 7.75 Å². The fraction of sp³-hybridized carbons (Fsp3) is 0.333. The lowest BCUT2D eigenvalue weighted by Crippen LogP contribution is -2.69. The molecule has 0 unspecified atom stereocenters. The molecule has 8 nitrogen and oxygen atoms in total. The molecule has 9 heteroatoms. The fourth-order valence-corrected chi connectivity index (χ4v) is 1.65. The van der Waals surface area contributed by atoms with Crippen LogP contribution in [0.1, 0.15) is 5.69 Å². The third kappa shape index (κ3) is 2.87. The Morgan fingerprint density at radius 2 is 2.27 bits per heavy atom. The molecule has 1 atom stereocenters. The Labute approximate surface area is 84.6 Å². The number of aromatic nitrogens is 2. The Balaban J connectivity index is 2.92. The van der Waals surface area contributed by atoms with Gasteiger partial charge in [-0.1, -0.05) is 0 Å². The number of carbonyl (C=O) groups excluding carboxylic acids is 1. The van der Waals surface area contributed by atoms with E-state index in [9.17, 15) is 24.3 Å². The number of imidazole rings is 1. The van der Waals surface area contributed by atoms with Crippen molar-refractivity contribution < 1.29 is 30.0 Å². The molecule has 1 rings (SSSR count). The summed E-state index contributed by atoms with van der Waals surface area (Å²) in [6, 6.07) is -1.13. The second-order valence-corrected chi connectivity index (χ2v) is 4.29. The van der Waals surface area contributed by atoms with Gasteiger partial charge in [0.2, 0.25) is 0 Å². The van der Waals surface area contributed by atoms with E-state index in [1.807, 2.05) is 0 Å². The normalized spacial score (nSPS) is 13.8. The van der Waals surface area contributed by atoms with Gasteiger partial charge in [0.25, 0.3) is 0 Å². The minimum Gasteiger partial charge on any atom is -0.795 e. The quantitative estimate of drug-likeness (QED) is 0.517. The van der Waals surface area contributed by atoms with Crippen molar-refractivity contribution in [3.63, 3.8) is 0 Å². The number of hydrogen-bond donors (Lipinski definition) is 1. The molecule has 15 heavy (non-hydrogen) atoms. The molecule has 0 aliphatic carbocycles. The summed E-state index contributed by atoms with van der Waals surface area (Å²) in [5.74, 6) is -1.42. The summed E-state index contributed by atoms with van der Waals surface area (Å²) in [4.78, 5) is 35.2. The van der Waals surface area contributed by atoms with Gasteiger partial charge in [0.1, 0.15) is 6.04 Å². The molecule has 3 N–H and O–H groups in total. The molecule has 0 aliphatic rings. The zero-order valence-electron chi connectivity index (χ0n) is 7.53. The standard InChI is InChI=1S/C6H10N3O5P/c7-5(6(10)11)1-4-2-8-3-9(4)15(12,13)14/h2-3,5H,1,7H2,(H,10,11)(H2,12,13,14)/p-2/t5-/m0/s1. The van der Waals surface area contributed by atoms with E-state index in [1.54, 1.807) is 0 Å². The monoisotopic (exact) mass is 233 g/mol. The zero-order valence-corrected chi connectivity index (χ0v) is 8.42. The zero-order chi connectivity index (χ0) is 11.6. The first-order valence-corrected chi connectivity index (χ1v) is 5.40. The van der Waals surface area contributed by atoms with Gasteiger partial charge in [-0.3, -0.25) is 0 Å². The molecule has 0 bridgehead atoms. The maximum Gasteiger partial charge on any atom is 0.130 e. The minimum atomic E-state index is -4.98. The van der Waals surface area contributed by atoms with Crippen molar-refractivity contribution in [2.45, 2.75) is 12.5 Å². The number of aliphatic carboxylic acids is 1. The van der Waals surface area contributed by atoms with E-state index in [0.717, 1.165) is 12.5 Å². The minimum absolute atomic E-state index is 0.0208. The highest BCUT2D eigenvalue weighted by Gasteiger charge is 2.13. The predicted molar refractivity (Wildman–Crippen MR) is 40.6 cm³/mol. The summed E-state index contributed by atoms with van der Waals surface area (Å²) in [5, 5.41) is 10.4. The largest absolute Gasteiger partial charge is 0.795 e. The van der Waals surface area contributed by atoms with Crippen molar-refractivity contribution in [3.05, 3.63) is 18.2 Å². The molecule has 0 aromatic carbocycles. The van der Waals surface area contributed by atoms with Gasteiger partial charge >= 0.3 is 0 Å². The highest BCUT2D eigenvalue weighted by molar-refractivity contribution is 7.47. The second kappa shape index (κ2) is 4.11. The van der Waals surface area contributed by atoms with Crippen LogP contribution in [-0.2, 0) is 15.8 Å². The number of carbonyl (C=O) groups is 1. The Bertz CT molecular complexity index is 411. The third-order valence-electron chi connectivity index (χ3n) is 1.75. The van der Waals surface area contributed by atoms with E-state index in [0.29, 0.717) is 4.34 Å². The highest BCUT2D eigenvalue weighted by atomic mass is 31.2. The van der Waals surface area contributed by atoms with Crippen molar-refractivity contribution >= 4 is 13.7 Å². The van der Waals surface area contributed by atoms with E-state index in [4.69, 9.17) is 0 Å². The van der Waals surface area contributed by atoms with E-state index in [2.05, 4.69) is 10.7 Å². The summed E-state index contributed by atoms with van der Waals surface area (Å²) < 4.78 is 11.1. The van der Waals surface area contributed by atoms with E-state index in [1.165, 1.54) is 0 Å². The van der Waals surface area contributed by atoms with Crippen LogP contribution in [0.3, 0.4) is 0 Å². The molecule has 84 valence electrons. The molecule has 0 amide bonds. The van der Waals surface area contributed by atoms with Crippen LogP contribution in [0.4, 0.5) is 0 Å². The Kier molecular flexibility index (Phi) is 3.25. The number of rotatable bonds is 4. The number of hydrogen-bond acceptors (Lipinski definition) is 6. The van der Waals surface area contributed by atoms with Gasteiger partial charge in [0.05, 0.1) is 12.3 Å². The molecular weight excluding hydrogens is 225 g/mol. The third-order valence-corrected chi connectivity index (χ3v) is 2.63. The molecule has 1 aromatic heterocycles. The first-order valence-electron chi connectivity index (χ1n) is 3.90. The van der Waals surface area contributed by atoms with Gasteiger partial charge in [-0.2, -0.15) is 0 Å². The summed E-state index contributed by atoms with van der Waals surface area (Å²) in [6.45, 7) is 0. The lowest BCUT2D eigenvalue weighted by molar-refractivity contribution is -0.437. The van der Waals surface area contributed by atoms with Crippen molar-refractivity contribution in [2.24, 2.45) is 0 Å². The number of quaternary nitrogens is 1.